The van der Waals surface area contributed by atoms with Crippen LogP contribution in [0.2, 0.25) is 0 Å². The smallest absolute Gasteiger partial charge is 0.264 e. The Balaban J connectivity index is 1.88. The maximum absolute atomic E-state index is 12.6. The zero-order chi connectivity index (χ0) is 13.4. The van der Waals surface area contributed by atoms with Gasteiger partial charge in [-0.15, -0.1) is 11.3 Å². The molecule has 4 nitrogen and oxygen atoms in total. The van der Waals surface area contributed by atoms with E-state index in [1.54, 1.807) is 0 Å². The summed E-state index contributed by atoms with van der Waals surface area (Å²) in [6, 6.07) is 2.10. The van der Waals surface area contributed by atoms with E-state index in [-0.39, 0.29) is 11.9 Å². The summed E-state index contributed by atoms with van der Waals surface area (Å²) in [5.41, 5.74) is 2.11. The zero-order valence-electron chi connectivity index (χ0n) is 11.1. The van der Waals surface area contributed by atoms with Gasteiger partial charge >= 0.3 is 0 Å². The van der Waals surface area contributed by atoms with Gasteiger partial charge in [0.25, 0.3) is 5.91 Å². The van der Waals surface area contributed by atoms with Crippen molar-refractivity contribution in [3.8, 4) is 0 Å². The van der Waals surface area contributed by atoms with Gasteiger partial charge in [-0.05, 0) is 43.7 Å². The highest BCUT2D eigenvalue weighted by Gasteiger charge is 2.33. The number of H-pyrrole nitrogens is 1. The largest absolute Gasteiger partial charge is 0.344 e. The SMILES string of the molecule is Cc1cnc([C@@H]2CCCN2C(=O)c2sccc2C)[nH]1. The highest BCUT2D eigenvalue weighted by atomic mass is 32.1. The van der Waals surface area contributed by atoms with Crippen LogP contribution in [0.1, 0.15) is 45.6 Å². The topological polar surface area (TPSA) is 49.0 Å². The number of hydrogen-bond acceptors (Lipinski definition) is 3. The molecule has 1 amide bonds. The molecule has 3 heterocycles. The monoisotopic (exact) mass is 275 g/mol. The summed E-state index contributed by atoms with van der Waals surface area (Å²) >= 11 is 1.53. The maximum atomic E-state index is 12.6. The maximum Gasteiger partial charge on any atom is 0.264 e. The van der Waals surface area contributed by atoms with Crippen LogP contribution in [0.5, 0.6) is 0 Å². The Morgan fingerprint density at radius 2 is 2.37 bits per heavy atom. The Bertz CT molecular complexity index is 601. The summed E-state index contributed by atoms with van der Waals surface area (Å²) in [6.45, 7) is 4.80. The molecule has 1 aliphatic rings. The summed E-state index contributed by atoms with van der Waals surface area (Å²) in [6.07, 6.45) is 3.86. The van der Waals surface area contributed by atoms with Gasteiger partial charge in [0, 0.05) is 18.4 Å². The first-order chi connectivity index (χ1) is 9.16. The molecule has 3 rings (SSSR count). The Kier molecular flexibility index (Phi) is 3.14. The minimum Gasteiger partial charge on any atom is -0.344 e. The van der Waals surface area contributed by atoms with Crippen molar-refractivity contribution in [2.24, 2.45) is 0 Å². The number of nitrogens with one attached hydrogen (secondary N) is 1. The third kappa shape index (κ3) is 2.18. The van der Waals surface area contributed by atoms with Crippen molar-refractivity contribution < 1.29 is 4.79 Å². The van der Waals surface area contributed by atoms with Crippen molar-refractivity contribution in [2.75, 3.05) is 6.54 Å². The molecule has 1 atom stereocenters. The third-order valence-electron chi connectivity index (χ3n) is 3.61. The van der Waals surface area contributed by atoms with Crippen LogP contribution >= 0.6 is 11.3 Å². The average molecular weight is 275 g/mol. The number of rotatable bonds is 2. The molecule has 1 fully saturated rings. The standard InChI is InChI=1S/C14H17N3OS/c1-9-5-7-19-12(9)14(18)17-6-3-4-11(17)13-15-8-10(2)16-13/h5,7-8,11H,3-4,6H2,1-2H3,(H,15,16)/t11-/m0/s1. The third-order valence-corrected chi connectivity index (χ3v) is 4.61. The molecule has 0 aliphatic carbocycles. The molecule has 5 heteroatoms. The van der Waals surface area contributed by atoms with Crippen molar-refractivity contribution in [1.29, 1.82) is 0 Å². The van der Waals surface area contributed by atoms with Gasteiger partial charge in [0.15, 0.2) is 0 Å². The van der Waals surface area contributed by atoms with Crippen LogP contribution < -0.4 is 0 Å². The lowest BCUT2D eigenvalue weighted by Crippen LogP contribution is -2.30. The number of aromatic nitrogens is 2. The molecule has 0 radical (unpaired) electrons. The first-order valence-corrected chi connectivity index (χ1v) is 7.41. The molecular formula is C14H17N3OS. The average Bonchev–Trinajstić information content (AvgIpc) is 3.07. The van der Waals surface area contributed by atoms with Gasteiger partial charge in [0.1, 0.15) is 5.82 Å². The zero-order valence-corrected chi connectivity index (χ0v) is 12.0. The number of hydrogen-bond donors (Lipinski definition) is 1. The first-order valence-electron chi connectivity index (χ1n) is 6.53. The fourth-order valence-electron chi connectivity index (χ4n) is 2.62. The van der Waals surface area contributed by atoms with Crippen LogP contribution in [0.15, 0.2) is 17.6 Å². The van der Waals surface area contributed by atoms with Crippen LogP contribution in [0.25, 0.3) is 0 Å². The second kappa shape index (κ2) is 4.81. The number of aryl methyl sites for hydroxylation is 2. The summed E-state index contributed by atoms with van der Waals surface area (Å²) in [5.74, 6) is 1.06. The van der Waals surface area contributed by atoms with Crippen LogP contribution in [0.4, 0.5) is 0 Å². The van der Waals surface area contributed by atoms with Crippen LogP contribution in [0, 0.1) is 13.8 Å². The van der Waals surface area contributed by atoms with Gasteiger partial charge in [-0.25, -0.2) is 4.98 Å². The van der Waals surface area contributed by atoms with Crippen molar-refractivity contribution in [1.82, 2.24) is 14.9 Å². The minimum atomic E-state index is 0.0997. The van der Waals surface area contributed by atoms with Crippen LogP contribution in [-0.2, 0) is 0 Å². The summed E-state index contributed by atoms with van der Waals surface area (Å²) in [7, 11) is 0. The van der Waals surface area contributed by atoms with Crippen LogP contribution in [0.3, 0.4) is 0 Å². The van der Waals surface area contributed by atoms with Crippen molar-refractivity contribution in [3.05, 3.63) is 39.6 Å². The Morgan fingerprint density at radius 1 is 1.53 bits per heavy atom. The van der Waals surface area contributed by atoms with E-state index >= 15 is 0 Å². The molecule has 1 saturated heterocycles. The number of carbonyl (C=O) groups is 1. The lowest BCUT2D eigenvalue weighted by molar-refractivity contribution is 0.0734. The molecule has 2 aromatic rings. The highest BCUT2D eigenvalue weighted by molar-refractivity contribution is 7.12. The molecule has 100 valence electrons. The quantitative estimate of drug-likeness (QED) is 0.915. The van der Waals surface area contributed by atoms with Gasteiger partial charge in [-0.2, -0.15) is 0 Å². The number of carbonyl (C=O) groups excluding carboxylic acids is 1. The molecule has 0 aromatic carbocycles. The van der Waals surface area contributed by atoms with Crippen molar-refractivity contribution in [3.63, 3.8) is 0 Å². The van der Waals surface area contributed by atoms with E-state index in [4.69, 9.17) is 0 Å². The van der Waals surface area contributed by atoms with E-state index in [1.807, 2.05) is 36.4 Å². The number of aromatic amines is 1. The summed E-state index contributed by atoms with van der Waals surface area (Å²) in [4.78, 5) is 23.1. The van der Waals surface area contributed by atoms with E-state index in [1.165, 1.54) is 11.3 Å². The number of likely N-dealkylation sites (tertiary alicyclic amines) is 1. The molecule has 0 unspecified atom stereocenters. The lowest BCUT2D eigenvalue weighted by atomic mass is 10.2. The van der Waals surface area contributed by atoms with Gasteiger partial charge in [0.2, 0.25) is 0 Å². The molecule has 1 N–H and O–H groups in total. The molecule has 0 saturated carbocycles. The number of thiophene rings is 1. The van der Waals surface area contributed by atoms with E-state index in [2.05, 4.69) is 9.97 Å². The molecule has 2 aromatic heterocycles. The Morgan fingerprint density at radius 3 is 3.00 bits per heavy atom. The molecule has 0 spiro atoms. The first kappa shape index (κ1) is 12.4. The molecule has 0 bridgehead atoms. The van der Waals surface area contributed by atoms with Gasteiger partial charge in [0.05, 0.1) is 10.9 Å². The second-order valence-corrected chi connectivity index (χ2v) is 5.96. The number of imidazole rings is 1. The number of nitrogens with zero attached hydrogens (tertiary/aromatic N) is 2. The normalized spacial score (nSPS) is 19.1. The predicted molar refractivity (Wildman–Crippen MR) is 75.4 cm³/mol. The minimum absolute atomic E-state index is 0.0997. The molecule has 1 aliphatic heterocycles. The number of amides is 1. The van der Waals surface area contributed by atoms with E-state index in [0.717, 1.165) is 41.3 Å². The van der Waals surface area contributed by atoms with Crippen molar-refractivity contribution in [2.45, 2.75) is 32.7 Å². The lowest BCUT2D eigenvalue weighted by Gasteiger charge is -2.23. The van der Waals surface area contributed by atoms with Gasteiger partial charge in [-0.1, -0.05) is 0 Å². The Hall–Kier alpha value is -1.62. The van der Waals surface area contributed by atoms with Gasteiger partial charge < -0.3 is 9.88 Å². The van der Waals surface area contributed by atoms with Crippen LogP contribution in [-0.4, -0.2) is 27.3 Å². The fourth-order valence-corrected chi connectivity index (χ4v) is 3.50. The summed E-state index contributed by atoms with van der Waals surface area (Å²) < 4.78 is 0. The molecular weight excluding hydrogens is 258 g/mol. The predicted octanol–water partition coefficient (Wildman–Crippen LogP) is 3.07. The second-order valence-electron chi connectivity index (χ2n) is 5.04. The fraction of sp³-hybridized carbons (Fsp3) is 0.429. The highest BCUT2D eigenvalue weighted by Crippen LogP contribution is 2.32. The van der Waals surface area contributed by atoms with E-state index < -0.39 is 0 Å². The van der Waals surface area contributed by atoms with Crippen molar-refractivity contribution >= 4 is 17.2 Å². The van der Waals surface area contributed by atoms with E-state index in [0.29, 0.717) is 0 Å². The van der Waals surface area contributed by atoms with E-state index in [9.17, 15) is 4.79 Å². The molecule has 19 heavy (non-hydrogen) atoms. The van der Waals surface area contributed by atoms with Gasteiger partial charge in [-0.3, -0.25) is 4.79 Å². The summed E-state index contributed by atoms with van der Waals surface area (Å²) in [5, 5.41) is 1.98. The Labute approximate surface area is 116 Å².